The van der Waals surface area contributed by atoms with E-state index in [0.717, 1.165) is 21.9 Å². The molecule has 0 fully saturated rings. The number of para-hydroxylation sites is 1. The lowest BCUT2D eigenvalue weighted by molar-refractivity contribution is -0.139. The van der Waals surface area contributed by atoms with E-state index in [1.54, 1.807) is 62.4 Å². The van der Waals surface area contributed by atoms with Gasteiger partial charge in [0.05, 0.1) is 10.6 Å². The fourth-order valence-electron chi connectivity index (χ4n) is 4.07. The second-order valence-electron chi connectivity index (χ2n) is 9.76. The van der Waals surface area contributed by atoms with E-state index in [0.29, 0.717) is 16.3 Å². The number of hydrogen-bond donors (Lipinski definition) is 1. The summed E-state index contributed by atoms with van der Waals surface area (Å²) in [6.07, 6.45) is 0.733. The lowest BCUT2D eigenvalue weighted by Gasteiger charge is -2.33. The quantitative estimate of drug-likeness (QED) is 0.331. The molecule has 3 rings (SSSR count). The summed E-state index contributed by atoms with van der Waals surface area (Å²) in [6.45, 7) is 8.76. The van der Waals surface area contributed by atoms with Crippen LogP contribution in [0.4, 0.5) is 5.69 Å². The van der Waals surface area contributed by atoms with Crippen LogP contribution in [0.5, 0.6) is 0 Å². The molecule has 0 heterocycles. The summed E-state index contributed by atoms with van der Waals surface area (Å²) in [5, 5.41) is 3.43. The van der Waals surface area contributed by atoms with Crippen LogP contribution in [0, 0.1) is 13.8 Å². The van der Waals surface area contributed by atoms with Crippen molar-refractivity contribution in [1.82, 2.24) is 10.2 Å². The zero-order valence-corrected chi connectivity index (χ0v) is 24.6. The van der Waals surface area contributed by atoms with Gasteiger partial charge in [-0.2, -0.15) is 0 Å². The Morgan fingerprint density at radius 3 is 2.23 bits per heavy atom. The first-order valence-electron chi connectivity index (χ1n) is 12.9. The fraction of sp³-hybridized carbons (Fsp3) is 0.333. The van der Waals surface area contributed by atoms with Crippen LogP contribution >= 0.6 is 11.6 Å². The van der Waals surface area contributed by atoms with Crippen LogP contribution in [0.15, 0.2) is 77.7 Å². The van der Waals surface area contributed by atoms with Crippen LogP contribution in [-0.4, -0.2) is 43.8 Å². The van der Waals surface area contributed by atoms with Crippen molar-refractivity contribution >= 4 is 39.1 Å². The minimum atomic E-state index is -4.11. The van der Waals surface area contributed by atoms with Crippen molar-refractivity contribution in [3.05, 3.63) is 94.5 Å². The first-order chi connectivity index (χ1) is 18.4. The van der Waals surface area contributed by atoms with Crippen LogP contribution in [-0.2, 0) is 26.2 Å². The molecule has 0 bridgehead atoms. The Labute approximate surface area is 236 Å². The number of sulfonamides is 1. The highest BCUT2D eigenvalue weighted by Crippen LogP contribution is 2.27. The fourth-order valence-corrected chi connectivity index (χ4v) is 5.77. The molecule has 208 valence electrons. The highest BCUT2D eigenvalue weighted by molar-refractivity contribution is 7.92. The van der Waals surface area contributed by atoms with Crippen molar-refractivity contribution in [2.24, 2.45) is 0 Å². The molecule has 0 unspecified atom stereocenters. The number of carbonyl (C=O) groups is 2. The number of hydrogen-bond acceptors (Lipinski definition) is 4. The summed E-state index contributed by atoms with van der Waals surface area (Å²) in [5.41, 5.74) is 2.74. The van der Waals surface area contributed by atoms with Gasteiger partial charge in [-0.05, 0) is 75.6 Å². The van der Waals surface area contributed by atoms with Gasteiger partial charge in [0.25, 0.3) is 10.0 Å². The lowest BCUT2D eigenvalue weighted by Crippen LogP contribution is -2.52. The van der Waals surface area contributed by atoms with Crippen LogP contribution < -0.4 is 9.62 Å². The van der Waals surface area contributed by atoms with Gasteiger partial charge in [0.15, 0.2) is 0 Å². The number of nitrogens with one attached hydrogen (secondary N) is 1. The SMILES string of the molecule is CC[C@@H](C)NC(=O)[C@H](C)N(Cc1cccc(Cl)c1)C(=O)CN(c1ccccc1C)S(=O)(=O)c1ccc(C)cc1. The molecule has 0 saturated carbocycles. The molecule has 3 aromatic rings. The van der Waals surface area contributed by atoms with Gasteiger partial charge < -0.3 is 10.2 Å². The van der Waals surface area contributed by atoms with E-state index in [-0.39, 0.29) is 23.4 Å². The molecule has 0 aliphatic carbocycles. The van der Waals surface area contributed by atoms with Crippen molar-refractivity contribution in [3.63, 3.8) is 0 Å². The second-order valence-corrected chi connectivity index (χ2v) is 12.1. The lowest BCUT2D eigenvalue weighted by atomic mass is 10.1. The number of rotatable bonds is 11. The Bertz CT molecular complexity index is 1410. The number of nitrogens with zero attached hydrogens (tertiary/aromatic N) is 2. The molecule has 39 heavy (non-hydrogen) atoms. The number of halogens is 1. The van der Waals surface area contributed by atoms with Gasteiger partial charge in [0.1, 0.15) is 12.6 Å². The smallest absolute Gasteiger partial charge is 0.264 e. The van der Waals surface area contributed by atoms with Gasteiger partial charge in [-0.1, -0.05) is 66.6 Å². The maximum absolute atomic E-state index is 14.0. The number of aryl methyl sites for hydroxylation is 2. The minimum absolute atomic E-state index is 0.0755. The van der Waals surface area contributed by atoms with Gasteiger partial charge in [-0.25, -0.2) is 8.42 Å². The Morgan fingerprint density at radius 2 is 1.62 bits per heavy atom. The standard InChI is InChI=1S/C30H36ClN3O4S/c1-6-23(4)32-30(36)24(5)33(19-25-11-9-12-26(31)18-25)29(35)20-34(28-13-8-7-10-22(28)3)39(37,38)27-16-14-21(2)15-17-27/h7-18,23-24H,6,19-20H2,1-5H3,(H,32,36)/t23-,24+/m1/s1. The molecular weight excluding hydrogens is 534 g/mol. The first kappa shape index (κ1) is 30.2. The number of anilines is 1. The summed E-state index contributed by atoms with van der Waals surface area (Å²) in [7, 11) is -4.11. The molecule has 9 heteroatoms. The largest absolute Gasteiger partial charge is 0.352 e. The summed E-state index contributed by atoms with van der Waals surface area (Å²) >= 11 is 6.19. The first-order valence-corrected chi connectivity index (χ1v) is 14.7. The summed E-state index contributed by atoms with van der Waals surface area (Å²) < 4.78 is 28.9. The third-order valence-corrected chi connectivity index (χ3v) is 8.69. The Morgan fingerprint density at radius 1 is 0.949 bits per heavy atom. The summed E-state index contributed by atoms with van der Waals surface area (Å²) in [6, 6.07) is 19.6. The second kappa shape index (κ2) is 13.1. The van der Waals surface area contributed by atoms with E-state index in [4.69, 9.17) is 11.6 Å². The number of amides is 2. The van der Waals surface area contributed by atoms with Crippen LogP contribution in [0.2, 0.25) is 5.02 Å². The average Bonchev–Trinajstić information content (AvgIpc) is 2.90. The molecule has 2 amide bonds. The van der Waals surface area contributed by atoms with Crippen LogP contribution in [0.1, 0.15) is 43.9 Å². The van der Waals surface area contributed by atoms with Crippen molar-refractivity contribution < 1.29 is 18.0 Å². The zero-order valence-electron chi connectivity index (χ0n) is 23.0. The van der Waals surface area contributed by atoms with E-state index in [1.807, 2.05) is 32.9 Å². The molecule has 7 nitrogen and oxygen atoms in total. The molecule has 0 saturated heterocycles. The highest BCUT2D eigenvalue weighted by Gasteiger charge is 2.33. The monoisotopic (exact) mass is 569 g/mol. The number of carbonyl (C=O) groups excluding carboxylic acids is 2. The van der Waals surface area contributed by atoms with Crippen molar-refractivity contribution in [2.75, 3.05) is 10.8 Å². The molecule has 0 aromatic heterocycles. The normalized spacial score (nSPS) is 12.9. The molecule has 3 aromatic carbocycles. The Balaban J connectivity index is 2.04. The Hall–Kier alpha value is -3.36. The maximum Gasteiger partial charge on any atom is 0.264 e. The molecule has 0 aliphatic rings. The third-order valence-electron chi connectivity index (χ3n) is 6.68. The van der Waals surface area contributed by atoms with Crippen LogP contribution in [0.25, 0.3) is 0 Å². The molecule has 2 atom stereocenters. The van der Waals surface area contributed by atoms with Crippen molar-refractivity contribution in [3.8, 4) is 0 Å². The maximum atomic E-state index is 14.0. The van der Waals surface area contributed by atoms with Gasteiger partial charge >= 0.3 is 0 Å². The molecule has 0 aliphatic heterocycles. The molecule has 0 spiro atoms. The summed E-state index contributed by atoms with van der Waals surface area (Å²) in [4.78, 5) is 28.6. The number of benzene rings is 3. The van der Waals surface area contributed by atoms with Gasteiger partial charge in [-0.3, -0.25) is 13.9 Å². The van der Waals surface area contributed by atoms with E-state index < -0.39 is 28.5 Å². The topological polar surface area (TPSA) is 86.8 Å². The molecule has 0 radical (unpaired) electrons. The molecular formula is C30H36ClN3O4S. The van der Waals surface area contributed by atoms with E-state index in [9.17, 15) is 18.0 Å². The van der Waals surface area contributed by atoms with E-state index in [1.165, 1.54) is 17.0 Å². The highest BCUT2D eigenvalue weighted by atomic mass is 35.5. The van der Waals surface area contributed by atoms with Crippen LogP contribution in [0.3, 0.4) is 0 Å². The zero-order chi connectivity index (χ0) is 28.7. The van der Waals surface area contributed by atoms with E-state index in [2.05, 4.69) is 5.32 Å². The predicted molar refractivity (Wildman–Crippen MR) is 156 cm³/mol. The van der Waals surface area contributed by atoms with Crippen molar-refractivity contribution in [2.45, 2.75) is 64.6 Å². The average molecular weight is 570 g/mol. The molecule has 1 N–H and O–H groups in total. The van der Waals surface area contributed by atoms with Gasteiger partial charge in [-0.15, -0.1) is 0 Å². The van der Waals surface area contributed by atoms with Gasteiger partial charge in [0.2, 0.25) is 11.8 Å². The third kappa shape index (κ3) is 7.61. The van der Waals surface area contributed by atoms with Gasteiger partial charge in [0, 0.05) is 17.6 Å². The minimum Gasteiger partial charge on any atom is -0.352 e. The predicted octanol–water partition coefficient (Wildman–Crippen LogP) is 5.48. The Kier molecular flexibility index (Phi) is 10.2. The van der Waals surface area contributed by atoms with Crippen molar-refractivity contribution in [1.29, 1.82) is 0 Å². The van der Waals surface area contributed by atoms with E-state index >= 15 is 0 Å². The summed E-state index contributed by atoms with van der Waals surface area (Å²) in [5.74, 6) is -0.829.